The van der Waals surface area contributed by atoms with Gasteiger partial charge < -0.3 is 19.7 Å². The molecule has 4 nitrogen and oxygen atoms in total. The molecule has 0 bridgehead atoms. The van der Waals surface area contributed by atoms with Crippen molar-refractivity contribution in [3.05, 3.63) is 23.5 Å². The summed E-state index contributed by atoms with van der Waals surface area (Å²) in [6.07, 6.45) is 1.64. The molecule has 3 rings (SSSR count). The molecule has 110 valence electrons. The minimum absolute atomic E-state index is 0.272. The fourth-order valence-corrected chi connectivity index (χ4v) is 2.65. The lowest BCUT2D eigenvalue weighted by atomic mass is 10.1. The van der Waals surface area contributed by atoms with Gasteiger partial charge in [-0.2, -0.15) is 0 Å². The smallest absolute Gasteiger partial charge is 0.197 e. The van der Waals surface area contributed by atoms with Crippen LogP contribution in [0.5, 0.6) is 11.5 Å². The van der Waals surface area contributed by atoms with Crippen molar-refractivity contribution in [3.8, 4) is 11.5 Å². The fourth-order valence-electron chi connectivity index (χ4n) is 2.65. The number of halogens is 1. The van der Waals surface area contributed by atoms with E-state index in [1.807, 2.05) is 6.07 Å². The van der Waals surface area contributed by atoms with E-state index in [1.54, 1.807) is 6.07 Å². The van der Waals surface area contributed by atoms with Crippen molar-refractivity contribution in [3.63, 3.8) is 0 Å². The highest BCUT2D eigenvalue weighted by Gasteiger charge is 2.17. The molecule has 20 heavy (non-hydrogen) atoms. The Morgan fingerprint density at radius 2 is 1.95 bits per heavy atom. The van der Waals surface area contributed by atoms with Gasteiger partial charge in [0.25, 0.3) is 0 Å². The van der Waals surface area contributed by atoms with Gasteiger partial charge in [0.2, 0.25) is 0 Å². The van der Waals surface area contributed by atoms with Crippen molar-refractivity contribution >= 4 is 0 Å². The van der Waals surface area contributed by atoms with Crippen molar-refractivity contribution < 1.29 is 13.9 Å². The van der Waals surface area contributed by atoms with Gasteiger partial charge in [-0.05, 0) is 24.1 Å². The van der Waals surface area contributed by atoms with Gasteiger partial charge in [0.1, 0.15) is 0 Å². The molecule has 0 radical (unpaired) electrons. The molecule has 1 aromatic rings. The highest BCUT2D eigenvalue weighted by molar-refractivity contribution is 5.44. The van der Waals surface area contributed by atoms with Crippen LogP contribution in [0.3, 0.4) is 0 Å². The zero-order valence-electron chi connectivity index (χ0n) is 11.7. The lowest BCUT2D eigenvalue weighted by Gasteiger charge is -2.27. The quantitative estimate of drug-likeness (QED) is 0.908. The number of fused-ring (bicyclic) bond motifs is 1. The number of hydrogen-bond donors (Lipinski definition) is 1. The number of nitrogens with zero attached hydrogens (tertiary/aromatic N) is 1. The molecule has 1 saturated heterocycles. The molecule has 1 aromatic carbocycles. The van der Waals surface area contributed by atoms with Crippen LogP contribution in [0.15, 0.2) is 12.1 Å². The maximum absolute atomic E-state index is 14.0. The number of benzene rings is 1. The summed E-state index contributed by atoms with van der Waals surface area (Å²) in [4.78, 5) is 2.40. The summed E-state index contributed by atoms with van der Waals surface area (Å²) in [5, 5.41) is 3.33. The summed E-state index contributed by atoms with van der Waals surface area (Å²) in [7, 11) is 0. The second-order valence-electron chi connectivity index (χ2n) is 5.30. The molecule has 0 aliphatic carbocycles. The van der Waals surface area contributed by atoms with Crippen LogP contribution in [0, 0.1) is 5.82 Å². The van der Waals surface area contributed by atoms with Gasteiger partial charge in [-0.25, -0.2) is 4.39 Å². The summed E-state index contributed by atoms with van der Waals surface area (Å²) >= 11 is 0. The SMILES string of the molecule is Fc1cc(CCN2CCNCC2)cc2c1OCCCO2. The lowest BCUT2D eigenvalue weighted by molar-refractivity contribution is 0.243. The molecule has 2 heterocycles. The van der Waals surface area contributed by atoms with Gasteiger partial charge in [0.05, 0.1) is 13.2 Å². The Kier molecular flexibility index (Phi) is 4.38. The summed E-state index contributed by atoms with van der Waals surface area (Å²) in [6.45, 7) is 6.27. The molecule has 0 saturated carbocycles. The normalized spacial score (nSPS) is 19.6. The minimum Gasteiger partial charge on any atom is -0.489 e. The van der Waals surface area contributed by atoms with Crippen LogP contribution in [0.4, 0.5) is 4.39 Å². The molecule has 1 fully saturated rings. The lowest BCUT2D eigenvalue weighted by Crippen LogP contribution is -2.44. The Labute approximate surface area is 118 Å². The zero-order chi connectivity index (χ0) is 13.8. The predicted octanol–water partition coefficient (Wildman–Crippen LogP) is 1.43. The Hall–Kier alpha value is -1.33. The molecule has 5 heteroatoms. The summed E-state index contributed by atoms with van der Waals surface area (Å²) < 4.78 is 25.0. The number of rotatable bonds is 3. The monoisotopic (exact) mass is 280 g/mol. The summed E-state index contributed by atoms with van der Waals surface area (Å²) in [6, 6.07) is 3.50. The van der Waals surface area contributed by atoms with Gasteiger partial charge in [-0.1, -0.05) is 0 Å². The third-order valence-corrected chi connectivity index (χ3v) is 3.79. The maximum atomic E-state index is 14.0. The summed E-state index contributed by atoms with van der Waals surface area (Å²) in [5.74, 6) is 0.519. The number of ether oxygens (including phenoxy) is 2. The maximum Gasteiger partial charge on any atom is 0.197 e. The molecule has 0 atom stereocenters. The number of piperazine rings is 1. The van der Waals surface area contributed by atoms with E-state index >= 15 is 0 Å². The van der Waals surface area contributed by atoms with E-state index in [0.29, 0.717) is 19.0 Å². The second kappa shape index (κ2) is 6.41. The van der Waals surface area contributed by atoms with Crippen molar-refractivity contribution in [2.24, 2.45) is 0 Å². The fraction of sp³-hybridized carbons (Fsp3) is 0.600. The first-order valence-corrected chi connectivity index (χ1v) is 7.34. The van der Waals surface area contributed by atoms with E-state index in [-0.39, 0.29) is 11.6 Å². The topological polar surface area (TPSA) is 33.7 Å². The van der Waals surface area contributed by atoms with Crippen molar-refractivity contribution in [1.29, 1.82) is 0 Å². The van der Waals surface area contributed by atoms with Crippen molar-refractivity contribution in [2.45, 2.75) is 12.8 Å². The highest BCUT2D eigenvalue weighted by Crippen LogP contribution is 2.33. The van der Waals surface area contributed by atoms with E-state index in [2.05, 4.69) is 10.2 Å². The second-order valence-corrected chi connectivity index (χ2v) is 5.30. The molecule has 0 amide bonds. The van der Waals surface area contributed by atoms with Crippen LogP contribution in [-0.2, 0) is 6.42 Å². The van der Waals surface area contributed by atoms with Crippen LogP contribution >= 0.6 is 0 Å². The average molecular weight is 280 g/mol. The Balaban J connectivity index is 1.67. The number of hydrogen-bond acceptors (Lipinski definition) is 4. The third kappa shape index (κ3) is 3.22. The molecule has 2 aliphatic rings. The Morgan fingerprint density at radius 1 is 1.15 bits per heavy atom. The largest absolute Gasteiger partial charge is 0.489 e. The summed E-state index contributed by atoms with van der Waals surface area (Å²) in [5.41, 5.74) is 0.977. The van der Waals surface area contributed by atoms with Gasteiger partial charge in [-0.15, -0.1) is 0 Å². The standard InChI is InChI=1S/C15H21FN2O2/c16-13-10-12(2-5-18-6-3-17-4-7-18)11-14-15(13)20-9-1-8-19-14/h10-11,17H,1-9H2. The first-order chi connectivity index (χ1) is 9.83. The minimum atomic E-state index is -0.306. The first-order valence-electron chi connectivity index (χ1n) is 7.34. The van der Waals surface area contributed by atoms with E-state index in [4.69, 9.17) is 9.47 Å². The molecule has 0 unspecified atom stereocenters. The van der Waals surface area contributed by atoms with Crippen molar-refractivity contribution in [1.82, 2.24) is 10.2 Å². The molecule has 0 spiro atoms. The molecular formula is C15H21FN2O2. The average Bonchev–Trinajstić information content (AvgIpc) is 2.72. The van der Waals surface area contributed by atoms with Gasteiger partial charge >= 0.3 is 0 Å². The zero-order valence-corrected chi connectivity index (χ0v) is 11.7. The molecular weight excluding hydrogens is 259 g/mol. The van der Waals surface area contributed by atoms with E-state index in [1.165, 1.54) is 0 Å². The predicted molar refractivity (Wildman–Crippen MR) is 75.0 cm³/mol. The van der Waals surface area contributed by atoms with E-state index < -0.39 is 0 Å². The van der Waals surface area contributed by atoms with Crippen LogP contribution in [0.1, 0.15) is 12.0 Å². The highest BCUT2D eigenvalue weighted by atomic mass is 19.1. The molecule has 2 aliphatic heterocycles. The van der Waals surface area contributed by atoms with Crippen LogP contribution in [0.2, 0.25) is 0 Å². The third-order valence-electron chi connectivity index (χ3n) is 3.79. The van der Waals surface area contributed by atoms with Crippen LogP contribution in [0.25, 0.3) is 0 Å². The van der Waals surface area contributed by atoms with Gasteiger partial charge in [0.15, 0.2) is 17.3 Å². The van der Waals surface area contributed by atoms with Crippen molar-refractivity contribution in [2.75, 3.05) is 45.9 Å². The first kappa shape index (κ1) is 13.6. The molecule has 0 aromatic heterocycles. The Bertz CT molecular complexity index is 461. The van der Waals surface area contributed by atoms with E-state index in [0.717, 1.165) is 51.1 Å². The van der Waals surface area contributed by atoms with Gasteiger partial charge in [0, 0.05) is 39.1 Å². The van der Waals surface area contributed by atoms with Crippen LogP contribution < -0.4 is 14.8 Å². The van der Waals surface area contributed by atoms with Gasteiger partial charge in [-0.3, -0.25) is 0 Å². The van der Waals surface area contributed by atoms with Crippen LogP contribution in [-0.4, -0.2) is 50.8 Å². The number of nitrogens with one attached hydrogen (secondary N) is 1. The molecule has 1 N–H and O–H groups in total. The Morgan fingerprint density at radius 3 is 2.80 bits per heavy atom. The van der Waals surface area contributed by atoms with E-state index in [9.17, 15) is 4.39 Å².